The maximum atomic E-state index is 9.27. The molecule has 1 unspecified atom stereocenters. The zero-order chi connectivity index (χ0) is 13.1. The molecule has 0 N–H and O–H groups in total. The Morgan fingerprint density at radius 2 is 1.94 bits per heavy atom. The van der Waals surface area contributed by atoms with Crippen molar-refractivity contribution in [3.05, 3.63) is 23.3 Å². The van der Waals surface area contributed by atoms with Gasteiger partial charge in [-0.25, -0.2) is 9.97 Å². The summed E-state index contributed by atoms with van der Waals surface area (Å²) < 4.78 is 0. The van der Waals surface area contributed by atoms with Crippen LogP contribution in [-0.4, -0.2) is 9.97 Å². The van der Waals surface area contributed by atoms with E-state index >= 15 is 0 Å². The minimum Gasteiger partial charge on any atom is -0.237 e. The fourth-order valence-corrected chi connectivity index (χ4v) is 2.69. The van der Waals surface area contributed by atoms with Gasteiger partial charge in [-0.1, -0.05) is 26.7 Å². The molecule has 1 aliphatic carbocycles. The molecule has 0 aliphatic heterocycles. The molecule has 18 heavy (non-hydrogen) atoms. The summed E-state index contributed by atoms with van der Waals surface area (Å²) in [7, 11) is 0. The zero-order valence-electron chi connectivity index (χ0n) is 11.5. The van der Waals surface area contributed by atoms with Crippen molar-refractivity contribution in [2.75, 3.05) is 0 Å². The van der Waals surface area contributed by atoms with E-state index in [1.54, 1.807) is 0 Å². The highest BCUT2D eigenvalue weighted by Gasteiger charge is 2.23. The Morgan fingerprint density at radius 1 is 1.28 bits per heavy atom. The quantitative estimate of drug-likeness (QED) is 0.813. The van der Waals surface area contributed by atoms with Crippen molar-refractivity contribution in [3.63, 3.8) is 0 Å². The maximum absolute atomic E-state index is 9.27. The van der Waals surface area contributed by atoms with E-state index in [0.717, 1.165) is 17.2 Å². The molecule has 0 amide bonds. The SMILES string of the molecule is Cc1cc(C2CCCC2)nc(C(C#N)C(C)C)n1. The molecule has 0 spiro atoms. The predicted octanol–water partition coefficient (Wildman–Crippen LogP) is 3.71. The number of aryl methyl sites for hydroxylation is 1. The standard InChI is InChI=1S/C15H21N3/c1-10(2)13(9-16)15-17-11(3)8-14(18-15)12-6-4-5-7-12/h8,10,12-13H,4-7H2,1-3H3. The highest BCUT2D eigenvalue weighted by molar-refractivity contribution is 5.20. The van der Waals surface area contributed by atoms with Crippen molar-refractivity contribution in [2.24, 2.45) is 5.92 Å². The molecule has 96 valence electrons. The van der Waals surface area contributed by atoms with Crippen molar-refractivity contribution in [2.45, 2.75) is 58.3 Å². The van der Waals surface area contributed by atoms with E-state index < -0.39 is 0 Å². The molecule has 1 atom stereocenters. The molecule has 1 aromatic heterocycles. The molecule has 1 aromatic rings. The van der Waals surface area contributed by atoms with Crippen LogP contribution in [0.2, 0.25) is 0 Å². The summed E-state index contributed by atoms with van der Waals surface area (Å²) in [6.45, 7) is 6.10. The van der Waals surface area contributed by atoms with Gasteiger partial charge < -0.3 is 0 Å². The minimum absolute atomic E-state index is 0.190. The van der Waals surface area contributed by atoms with E-state index in [9.17, 15) is 5.26 Å². The third kappa shape index (κ3) is 2.69. The molecular weight excluding hydrogens is 222 g/mol. The van der Waals surface area contributed by atoms with Crippen molar-refractivity contribution in [1.29, 1.82) is 5.26 Å². The van der Waals surface area contributed by atoms with Gasteiger partial charge in [-0.15, -0.1) is 0 Å². The first-order valence-corrected chi connectivity index (χ1v) is 6.87. The van der Waals surface area contributed by atoms with Crippen LogP contribution in [0.25, 0.3) is 0 Å². The second kappa shape index (κ2) is 5.48. The molecule has 3 nitrogen and oxygen atoms in total. The third-order valence-corrected chi connectivity index (χ3v) is 3.75. The van der Waals surface area contributed by atoms with Gasteiger partial charge in [-0.2, -0.15) is 5.26 Å². The lowest BCUT2D eigenvalue weighted by Crippen LogP contribution is -2.12. The summed E-state index contributed by atoms with van der Waals surface area (Å²) in [5.41, 5.74) is 2.14. The predicted molar refractivity (Wildman–Crippen MR) is 71.2 cm³/mol. The molecule has 3 heteroatoms. The van der Waals surface area contributed by atoms with Crippen molar-refractivity contribution < 1.29 is 0 Å². The summed E-state index contributed by atoms with van der Waals surface area (Å²) in [5, 5.41) is 9.27. The third-order valence-electron chi connectivity index (χ3n) is 3.75. The van der Waals surface area contributed by atoms with Gasteiger partial charge >= 0.3 is 0 Å². The van der Waals surface area contributed by atoms with Gasteiger partial charge in [-0.3, -0.25) is 0 Å². The van der Waals surface area contributed by atoms with Crippen molar-refractivity contribution in [3.8, 4) is 6.07 Å². The normalized spacial score (nSPS) is 17.9. The molecule has 0 radical (unpaired) electrons. The monoisotopic (exact) mass is 243 g/mol. The van der Waals surface area contributed by atoms with Crippen LogP contribution < -0.4 is 0 Å². The lowest BCUT2D eigenvalue weighted by atomic mass is 9.95. The van der Waals surface area contributed by atoms with Crippen LogP contribution in [0.1, 0.15) is 68.6 Å². The van der Waals surface area contributed by atoms with E-state index in [-0.39, 0.29) is 11.8 Å². The van der Waals surface area contributed by atoms with Crippen LogP contribution in [0.3, 0.4) is 0 Å². The molecule has 0 bridgehead atoms. The number of nitriles is 1. The smallest absolute Gasteiger partial charge is 0.146 e. The van der Waals surface area contributed by atoms with E-state index in [1.165, 1.54) is 25.7 Å². The average molecular weight is 243 g/mol. The summed E-state index contributed by atoms with van der Waals surface area (Å²) in [5.74, 6) is 1.37. The summed E-state index contributed by atoms with van der Waals surface area (Å²) in [6.07, 6.45) is 5.06. The second-order valence-electron chi connectivity index (χ2n) is 5.62. The first-order chi connectivity index (χ1) is 8.61. The van der Waals surface area contributed by atoms with Gasteiger partial charge in [-0.05, 0) is 31.7 Å². The number of nitrogens with zero attached hydrogens (tertiary/aromatic N) is 3. The fourth-order valence-electron chi connectivity index (χ4n) is 2.69. The summed E-state index contributed by atoms with van der Waals surface area (Å²) in [6, 6.07) is 4.43. The lowest BCUT2D eigenvalue weighted by Gasteiger charge is -2.15. The molecule has 1 aliphatic rings. The Labute approximate surface area is 109 Å². The Bertz CT molecular complexity index is 453. The molecule has 1 saturated carbocycles. The van der Waals surface area contributed by atoms with Crippen molar-refractivity contribution in [1.82, 2.24) is 9.97 Å². The number of rotatable bonds is 3. The summed E-state index contributed by atoms with van der Waals surface area (Å²) >= 11 is 0. The van der Waals surface area contributed by atoms with Gasteiger partial charge in [0.15, 0.2) is 0 Å². The largest absolute Gasteiger partial charge is 0.237 e. The van der Waals surface area contributed by atoms with Crippen LogP contribution in [0.5, 0.6) is 0 Å². The van der Waals surface area contributed by atoms with Crippen LogP contribution in [0, 0.1) is 24.2 Å². The number of aromatic nitrogens is 2. The van der Waals surface area contributed by atoms with Crippen LogP contribution >= 0.6 is 0 Å². The van der Waals surface area contributed by atoms with Gasteiger partial charge in [0.25, 0.3) is 0 Å². The Hall–Kier alpha value is -1.43. The number of hydrogen-bond donors (Lipinski definition) is 0. The van der Waals surface area contributed by atoms with Gasteiger partial charge in [0.05, 0.1) is 6.07 Å². The first-order valence-electron chi connectivity index (χ1n) is 6.87. The van der Waals surface area contributed by atoms with Gasteiger partial charge in [0.2, 0.25) is 0 Å². The Kier molecular flexibility index (Phi) is 3.96. The molecule has 0 aromatic carbocycles. The summed E-state index contributed by atoms with van der Waals surface area (Å²) in [4.78, 5) is 9.14. The number of hydrogen-bond acceptors (Lipinski definition) is 3. The van der Waals surface area contributed by atoms with E-state index in [2.05, 4.69) is 36.0 Å². The first kappa shape index (κ1) is 13.0. The van der Waals surface area contributed by atoms with Crippen molar-refractivity contribution >= 4 is 0 Å². The fraction of sp³-hybridized carbons (Fsp3) is 0.667. The van der Waals surface area contributed by atoms with Crippen LogP contribution in [0.15, 0.2) is 6.07 Å². The average Bonchev–Trinajstić information content (AvgIpc) is 2.82. The van der Waals surface area contributed by atoms with Crippen LogP contribution in [0.4, 0.5) is 0 Å². The second-order valence-corrected chi connectivity index (χ2v) is 5.62. The van der Waals surface area contributed by atoms with E-state index in [4.69, 9.17) is 0 Å². The molecule has 0 saturated heterocycles. The molecule has 2 rings (SSSR count). The maximum Gasteiger partial charge on any atom is 0.146 e. The lowest BCUT2D eigenvalue weighted by molar-refractivity contribution is 0.552. The van der Waals surface area contributed by atoms with Gasteiger partial charge in [0.1, 0.15) is 11.7 Å². The Morgan fingerprint density at radius 3 is 2.50 bits per heavy atom. The van der Waals surface area contributed by atoms with Crippen LogP contribution in [-0.2, 0) is 0 Å². The van der Waals surface area contributed by atoms with E-state index in [1.807, 2.05) is 6.92 Å². The highest BCUT2D eigenvalue weighted by atomic mass is 14.9. The topological polar surface area (TPSA) is 49.6 Å². The highest BCUT2D eigenvalue weighted by Crippen LogP contribution is 2.34. The molecular formula is C15H21N3. The minimum atomic E-state index is -0.190. The Balaban J connectivity index is 2.34. The molecule has 1 fully saturated rings. The van der Waals surface area contributed by atoms with Gasteiger partial charge in [0, 0.05) is 17.3 Å². The molecule has 1 heterocycles. The van der Waals surface area contributed by atoms with E-state index in [0.29, 0.717) is 5.92 Å². The zero-order valence-corrected chi connectivity index (χ0v) is 11.5.